The molecular formula is C36H23NS. The summed E-state index contributed by atoms with van der Waals surface area (Å²) in [4.78, 5) is 0. The van der Waals surface area contributed by atoms with Gasteiger partial charge in [-0.25, -0.2) is 0 Å². The van der Waals surface area contributed by atoms with E-state index in [0.29, 0.717) is 0 Å². The van der Waals surface area contributed by atoms with Crippen molar-refractivity contribution in [2.75, 3.05) is 0 Å². The smallest absolute Gasteiger partial charge is 0.0555 e. The third-order valence-corrected chi connectivity index (χ3v) is 8.77. The van der Waals surface area contributed by atoms with Crippen LogP contribution in [0.15, 0.2) is 140 Å². The van der Waals surface area contributed by atoms with Crippen LogP contribution in [0.1, 0.15) is 0 Å². The second-order valence-corrected chi connectivity index (χ2v) is 10.8. The van der Waals surface area contributed by atoms with Gasteiger partial charge in [0.2, 0.25) is 0 Å². The number of rotatable bonds is 1. The Labute approximate surface area is 224 Å². The van der Waals surface area contributed by atoms with Gasteiger partial charge in [-0.3, -0.25) is 0 Å². The van der Waals surface area contributed by atoms with Crippen LogP contribution in [0.2, 0.25) is 0 Å². The van der Waals surface area contributed by atoms with Gasteiger partial charge in [0.1, 0.15) is 0 Å². The Morgan fingerprint density at radius 2 is 0.763 bits per heavy atom. The molecule has 0 radical (unpaired) electrons. The fraction of sp³-hybridized carbons (Fsp3) is 0. The first-order chi connectivity index (χ1) is 18.9. The first-order valence-electron chi connectivity index (χ1n) is 13.0. The molecule has 0 aliphatic carbocycles. The molecule has 0 amide bonds. The number of fused-ring (bicyclic) bond motifs is 10. The third-order valence-electron chi connectivity index (χ3n) is 7.64. The minimum atomic E-state index is 1.18. The van der Waals surface area contributed by atoms with Crippen molar-refractivity contribution in [1.29, 1.82) is 0 Å². The molecule has 0 aliphatic heterocycles. The monoisotopic (exact) mass is 501 g/mol. The van der Waals surface area contributed by atoms with Gasteiger partial charge in [0, 0.05) is 30.9 Å². The normalized spacial score (nSPS) is 11.7. The largest absolute Gasteiger partial charge is 0.309 e. The van der Waals surface area contributed by atoms with Crippen molar-refractivity contribution < 1.29 is 0 Å². The molecular weight excluding hydrogens is 478 g/mol. The third kappa shape index (κ3) is 3.11. The molecule has 0 N–H and O–H groups in total. The number of benzene rings is 6. The summed E-state index contributed by atoms with van der Waals surface area (Å²) >= 11 is 1.87. The van der Waals surface area contributed by atoms with Crippen LogP contribution in [-0.4, -0.2) is 4.57 Å². The van der Waals surface area contributed by atoms with Gasteiger partial charge in [0.25, 0.3) is 0 Å². The molecule has 0 bridgehead atoms. The molecule has 178 valence electrons. The number of aromatic nitrogens is 1. The van der Waals surface area contributed by atoms with Crippen molar-refractivity contribution in [2.45, 2.75) is 0 Å². The van der Waals surface area contributed by atoms with Gasteiger partial charge in [-0.1, -0.05) is 109 Å². The first-order valence-corrected chi connectivity index (χ1v) is 13.8. The molecule has 8 aromatic rings. The van der Waals surface area contributed by atoms with Gasteiger partial charge in [0.15, 0.2) is 0 Å². The van der Waals surface area contributed by atoms with Crippen molar-refractivity contribution in [3.63, 3.8) is 0 Å². The lowest BCUT2D eigenvalue weighted by Crippen LogP contribution is -1.98. The van der Waals surface area contributed by atoms with E-state index < -0.39 is 0 Å². The summed E-state index contributed by atoms with van der Waals surface area (Å²) in [5, 5.41) is 10.1. The number of nitrogens with zero attached hydrogens (tertiary/aromatic N) is 1. The van der Waals surface area contributed by atoms with Crippen LogP contribution in [0.3, 0.4) is 0 Å². The summed E-state index contributed by atoms with van der Waals surface area (Å²) in [6, 6.07) is 50.9. The van der Waals surface area contributed by atoms with E-state index in [0.717, 1.165) is 0 Å². The molecule has 2 aromatic heterocycles. The van der Waals surface area contributed by atoms with Crippen LogP contribution >= 0.6 is 11.3 Å². The maximum atomic E-state index is 2.49. The van der Waals surface area contributed by atoms with Gasteiger partial charge in [-0.15, -0.1) is 11.3 Å². The standard InChI is InChI=1S/C36H23NS/c1-3-14-26-24(12-1)25-13-2-4-15-27(25)29-17-6-9-20-32(29)37(31-19-8-5-16-28(26)31)33-21-11-23-35-36(33)30-18-7-10-22-34(30)38-35/h1-23H. The average Bonchev–Trinajstić information content (AvgIpc) is 3.38. The lowest BCUT2D eigenvalue weighted by Gasteiger charge is -2.15. The van der Waals surface area contributed by atoms with E-state index in [1.54, 1.807) is 0 Å². The molecule has 38 heavy (non-hydrogen) atoms. The van der Waals surface area contributed by atoms with Crippen molar-refractivity contribution in [3.05, 3.63) is 140 Å². The molecule has 0 unspecified atom stereocenters. The molecule has 1 nitrogen and oxygen atoms in total. The molecule has 0 saturated carbocycles. The zero-order valence-corrected chi connectivity index (χ0v) is 21.5. The first kappa shape index (κ1) is 21.4. The van der Waals surface area contributed by atoms with Crippen LogP contribution in [-0.2, 0) is 0 Å². The Kier molecular flexibility index (Phi) is 4.76. The summed E-state index contributed by atoms with van der Waals surface area (Å²) < 4.78 is 5.11. The summed E-state index contributed by atoms with van der Waals surface area (Å²) in [6.45, 7) is 0. The van der Waals surface area contributed by atoms with Crippen LogP contribution in [0.4, 0.5) is 0 Å². The minimum absolute atomic E-state index is 1.18. The highest BCUT2D eigenvalue weighted by atomic mass is 32.1. The van der Waals surface area contributed by atoms with Crippen molar-refractivity contribution in [1.82, 2.24) is 4.57 Å². The van der Waals surface area contributed by atoms with Crippen LogP contribution in [0.5, 0.6) is 0 Å². The van der Waals surface area contributed by atoms with Gasteiger partial charge in [-0.2, -0.15) is 0 Å². The van der Waals surface area contributed by atoms with Gasteiger partial charge in [-0.05, 0) is 51.9 Å². The Morgan fingerprint density at radius 1 is 0.342 bits per heavy atom. The Balaban J connectivity index is 1.76. The summed E-state index contributed by atoms with van der Waals surface area (Å²) in [5.74, 6) is 0. The number of hydrogen-bond donors (Lipinski definition) is 0. The van der Waals surface area contributed by atoms with Gasteiger partial charge in [0.05, 0.1) is 16.7 Å². The molecule has 0 aliphatic rings. The molecule has 8 rings (SSSR count). The van der Waals surface area contributed by atoms with Crippen molar-refractivity contribution >= 4 is 74.9 Å². The molecule has 2 heteroatoms. The molecule has 0 saturated heterocycles. The predicted octanol–water partition coefficient (Wildman–Crippen LogP) is 10.6. The van der Waals surface area contributed by atoms with Crippen molar-refractivity contribution in [3.8, 4) is 5.69 Å². The maximum Gasteiger partial charge on any atom is 0.0555 e. The highest BCUT2D eigenvalue weighted by Crippen LogP contribution is 2.40. The number of hydrogen-bond acceptors (Lipinski definition) is 1. The van der Waals surface area contributed by atoms with E-state index in [4.69, 9.17) is 0 Å². The van der Waals surface area contributed by atoms with E-state index in [2.05, 4.69) is 144 Å². The lowest BCUT2D eigenvalue weighted by molar-refractivity contribution is 1.19. The SMILES string of the molecule is c1ccc2c(c1)sc1cccc(-n3c4ccccc4c4ccccc4c4ccccc4c4ccccc43)c12. The minimum Gasteiger partial charge on any atom is -0.309 e. The van der Waals surface area contributed by atoms with Gasteiger partial charge >= 0.3 is 0 Å². The summed E-state index contributed by atoms with van der Waals surface area (Å²) in [6.07, 6.45) is 0. The van der Waals surface area contributed by atoms with E-state index in [1.165, 1.54) is 69.2 Å². The van der Waals surface area contributed by atoms with Gasteiger partial charge < -0.3 is 4.57 Å². The Bertz CT molecular complexity index is 2140. The second-order valence-electron chi connectivity index (χ2n) is 9.71. The fourth-order valence-corrected chi connectivity index (χ4v) is 7.16. The second kappa shape index (κ2) is 8.44. The maximum absolute atomic E-state index is 2.49. The fourth-order valence-electron chi connectivity index (χ4n) is 6.03. The lowest BCUT2D eigenvalue weighted by atomic mass is 10.0. The Morgan fingerprint density at radius 3 is 1.34 bits per heavy atom. The van der Waals surface area contributed by atoms with Crippen LogP contribution in [0, 0.1) is 0 Å². The van der Waals surface area contributed by atoms with Crippen LogP contribution < -0.4 is 0 Å². The van der Waals surface area contributed by atoms with E-state index in [1.807, 2.05) is 11.3 Å². The number of thiophene rings is 1. The number of para-hydroxylation sites is 2. The zero-order valence-electron chi connectivity index (χ0n) is 20.6. The van der Waals surface area contributed by atoms with E-state index in [-0.39, 0.29) is 0 Å². The van der Waals surface area contributed by atoms with Crippen LogP contribution in [0.25, 0.3) is 69.2 Å². The predicted molar refractivity (Wildman–Crippen MR) is 166 cm³/mol. The van der Waals surface area contributed by atoms with E-state index >= 15 is 0 Å². The average molecular weight is 502 g/mol. The highest BCUT2D eigenvalue weighted by Gasteiger charge is 2.14. The summed E-state index contributed by atoms with van der Waals surface area (Å²) in [5.41, 5.74) is 3.57. The molecule has 6 aromatic carbocycles. The Hall–Kier alpha value is -4.66. The molecule has 0 spiro atoms. The quantitative estimate of drug-likeness (QED) is 0.211. The molecule has 0 atom stereocenters. The van der Waals surface area contributed by atoms with Crippen molar-refractivity contribution in [2.24, 2.45) is 0 Å². The topological polar surface area (TPSA) is 4.93 Å². The van der Waals surface area contributed by atoms with E-state index in [9.17, 15) is 0 Å². The molecule has 2 heterocycles. The molecule has 0 fully saturated rings. The summed E-state index contributed by atoms with van der Waals surface area (Å²) in [7, 11) is 0. The highest BCUT2D eigenvalue weighted by molar-refractivity contribution is 7.25. The zero-order chi connectivity index (χ0) is 25.1.